The van der Waals surface area contributed by atoms with E-state index in [1.807, 2.05) is 24.2 Å². The summed E-state index contributed by atoms with van der Waals surface area (Å²) in [6.07, 6.45) is 14.6. The average molecular weight is 399 g/mol. The number of imidazole rings is 1. The Labute approximate surface area is 178 Å². The molecule has 0 saturated carbocycles. The van der Waals surface area contributed by atoms with Gasteiger partial charge in [-0.1, -0.05) is 47.6 Å². The van der Waals surface area contributed by atoms with Gasteiger partial charge in [-0.25, -0.2) is 4.98 Å². The summed E-state index contributed by atoms with van der Waals surface area (Å²) in [5.74, 6) is 2.20. The van der Waals surface area contributed by atoms with Crippen LogP contribution in [0, 0.1) is 17.8 Å². The Kier molecular flexibility index (Phi) is 11.3. The number of nitrogens with zero attached hydrogens (tertiary/aromatic N) is 4. The van der Waals surface area contributed by atoms with Gasteiger partial charge in [-0.15, -0.1) is 0 Å². The summed E-state index contributed by atoms with van der Waals surface area (Å²) in [5, 5.41) is 0. The van der Waals surface area contributed by atoms with Crippen molar-refractivity contribution in [3.63, 3.8) is 0 Å². The second kappa shape index (κ2) is 13.2. The van der Waals surface area contributed by atoms with Crippen molar-refractivity contribution < 1.29 is 0 Å². The normalized spacial score (nSPS) is 12.7. The third-order valence-electron chi connectivity index (χ3n) is 4.38. The fourth-order valence-electron chi connectivity index (χ4n) is 3.08. The number of rotatable bonds is 6. The molecule has 0 saturated heterocycles. The van der Waals surface area contributed by atoms with Gasteiger partial charge in [0, 0.05) is 50.5 Å². The SMILES string of the molecule is CC(C)CC1=CCC=N1.CC(C)Cc1cccn1C.CC(C)Cc1cn(C)cn1. The molecule has 2 aromatic heterocycles. The molecule has 0 bridgehead atoms. The lowest BCUT2D eigenvalue weighted by molar-refractivity contribution is 0.616. The van der Waals surface area contributed by atoms with Crippen LogP contribution < -0.4 is 0 Å². The average Bonchev–Trinajstić information content (AvgIpc) is 3.33. The van der Waals surface area contributed by atoms with Crippen LogP contribution in [-0.2, 0) is 26.9 Å². The number of hydrogen-bond donors (Lipinski definition) is 0. The maximum atomic E-state index is 4.22. The van der Waals surface area contributed by atoms with Gasteiger partial charge in [-0.2, -0.15) is 0 Å². The van der Waals surface area contributed by atoms with Gasteiger partial charge in [0.05, 0.1) is 12.0 Å². The number of aromatic nitrogens is 3. The Hall–Kier alpha value is -2.10. The highest BCUT2D eigenvalue weighted by molar-refractivity contribution is 5.64. The van der Waals surface area contributed by atoms with E-state index >= 15 is 0 Å². The molecule has 0 aliphatic carbocycles. The second-order valence-corrected chi connectivity index (χ2v) is 9.18. The first-order chi connectivity index (χ1) is 13.7. The molecule has 0 spiro atoms. The minimum Gasteiger partial charge on any atom is -0.354 e. The molecule has 3 heterocycles. The number of allylic oxidation sites excluding steroid dienone is 2. The van der Waals surface area contributed by atoms with Crippen LogP contribution in [0.3, 0.4) is 0 Å². The largest absolute Gasteiger partial charge is 0.354 e. The number of hydrogen-bond acceptors (Lipinski definition) is 2. The molecule has 1 aliphatic rings. The zero-order valence-electron chi connectivity index (χ0n) is 19.9. The van der Waals surface area contributed by atoms with Crippen molar-refractivity contribution in [2.45, 2.75) is 67.2 Å². The summed E-state index contributed by atoms with van der Waals surface area (Å²) in [7, 11) is 4.09. The van der Waals surface area contributed by atoms with Crippen LogP contribution in [0.15, 0.2) is 47.6 Å². The minimum atomic E-state index is 0.704. The summed E-state index contributed by atoms with van der Waals surface area (Å²) in [4.78, 5) is 8.43. The smallest absolute Gasteiger partial charge is 0.0946 e. The Morgan fingerprint density at radius 3 is 2.00 bits per heavy atom. The van der Waals surface area contributed by atoms with Crippen LogP contribution >= 0.6 is 0 Å². The Balaban J connectivity index is 0.000000218. The van der Waals surface area contributed by atoms with Gasteiger partial charge in [-0.3, -0.25) is 4.99 Å². The molecule has 3 rings (SSSR count). The lowest BCUT2D eigenvalue weighted by atomic mass is 10.1. The van der Waals surface area contributed by atoms with Crippen LogP contribution in [-0.4, -0.2) is 20.3 Å². The molecule has 4 heteroatoms. The van der Waals surface area contributed by atoms with Crippen molar-refractivity contribution in [3.05, 3.63) is 54.0 Å². The Morgan fingerprint density at radius 1 is 0.931 bits per heavy atom. The van der Waals surface area contributed by atoms with Gasteiger partial charge >= 0.3 is 0 Å². The van der Waals surface area contributed by atoms with Crippen LogP contribution in [0.25, 0.3) is 0 Å². The van der Waals surface area contributed by atoms with Gasteiger partial charge in [0.1, 0.15) is 0 Å². The van der Waals surface area contributed by atoms with Crippen molar-refractivity contribution in [2.24, 2.45) is 36.8 Å². The van der Waals surface area contributed by atoms with Crippen molar-refractivity contribution in [1.29, 1.82) is 0 Å². The maximum Gasteiger partial charge on any atom is 0.0946 e. The zero-order valence-corrected chi connectivity index (χ0v) is 19.9. The van der Waals surface area contributed by atoms with Gasteiger partial charge in [0.2, 0.25) is 0 Å². The fourth-order valence-corrected chi connectivity index (χ4v) is 3.08. The first kappa shape index (κ1) is 24.9. The highest BCUT2D eigenvalue weighted by Gasteiger charge is 2.01. The minimum absolute atomic E-state index is 0.704. The summed E-state index contributed by atoms with van der Waals surface area (Å²) in [5.41, 5.74) is 3.89. The van der Waals surface area contributed by atoms with E-state index in [4.69, 9.17) is 0 Å². The molecule has 0 fully saturated rings. The fraction of sp³-hybridized carbons (Fsp3) is 0.600. The standard InChI is InChI=1S/C9H15N.C8H14N2.C8H13N/c1-8(2)7-9-5-4-6-10(9)3;1-7(2)4-8-5-10(3)6-9-8;1-7(2)6-8-4-3-5-9-8/h4-6,8H,7H2,1-3H3;5-7H,4H2,1-3H3;4-5,7H,3,6H2,1-2H3. The van der Waals surface area contributed by atoms with Crippen molar-refractivity contribution in [1.82, 2.24) is 14.1 Å². The molecule has 4 nitrogen and oxygen atoms in total. The van der Waals surface area contributed by atoms with Crippen molar-refractivity contribution >= 4 is 6.21 Å². The predicted molar refractivity (Wildman–Crippen MR) is 126 cm³/mol. The van der Waals surface area contributed by atoms with Gasteiger partial charge in [0.15, 0.2) is 0 Å². The molecule has 1 aliphatic heterocycles. The van der Waals surface area contributed by atoms with E-state index in [0.717, 1.165) is 31.1 Å². The van der Waals surface area contributed by atoms with E-state index in [9.17, 15) is 0 Å². The topological polar surface area (TPSA) is 35.1 Å². The first-order valence-electron chi connectivity index (χ1n) is 11.0. The molecular formula is C25H42N4. The summed E-state index contributed by atoms with van der Waals surface area (Å²) >= 11 is 0. The maximum absolute atomic E-state index is 4.22. The Bertz CT molecular complexity index is 744. The van der Waals surface area contributed by atoms with Crippen LogP contribution in [0.5, 0.6) is 0 Å². The Morgan fingerprint density at radius 2 is 1.59 bits per heavy atom. The molecule has 0 amide bonds. The van der Waals surface area contributed by atoms with E-state index in [1.54, 1.807) is 0 Å². The van der Waals surface area contributed by atoms with Crippen LogP contribution in [0.1, 0.15) is 65.8 Å². The van der Waals surface area contributed by atoms with E-state index in [2.05, 4.69) is 93.7 Å². The summed E-state index contributed by atoms with van der Waals surface area (Å²) in [6, 6.07) is 4.28. The highest BCUT2D eigenvalue weighted by atomic mass is 15.0. The molecule has 0 radical (unpaired) electrons. The number of aliphatic imine (C=N–C) groups is 1. The third kappa shape index (κ3) is 11.5. The van der Waals surface area contributed by atoms with Crippen molar-refractivity contribution in [3.8, 4) is 0 Å². The molecule has 0 N–H and O–H groups in total. The number of aryl methyl sites for hydroxylation is 2. The second-order valence-electron chi connectivity index (χ2n) is 9.18. The van der Waals surface area contributed by atoms with E-state index in [1.165, 1.54) is 23.5 Å². The molecule has 29 heavy (non-hydrogen) atoms. The molecule has 162 valence electrons. The predicted octanol–water partition coefficient (Wildman–Crippen LogP) is 6.23. The van der Waals surface area contributed by atoms with E-state index in [0.29, 0.717) is 5.92 Å². The molecule has 0 aromatic carbocycles. The highest BCUT2D eigenvalue weighted by Crippen LogP contribution is 2.15. The van der Waals surface area contributed by atoms with Crippen LogP contribution in [0.4, 0.5) is 0 Å². The van der Waals surface area contributed by atoms with Gasteiger partial charge in [0.25, 0.3) is 0 Å². The third-order valence-corrected chi connectivity index (χ3v) is 4.38. The first-order valence-corrected chi connectivity index (χ1v) is 11.0. The van der Waals surface area contributed by atoms with Gasteiger partial charge < -0.3 is 9.13 Å². The summed E-state index contributed by atoms with van der Waals surface area (Å²) < 4.78 is 4.16. The molecule has 0 atom stereocenters. The van der Waals surface area contributed by atoms with Gasteiger partial charge in [-0.05, 0) is 49.1 Å². The van der Waals surface area contributed by atoms with E-state index in [-0.39, 0.29) is 0 Å². The quantitative estimate of drug-likeness (QED) is 0.568. The molecular weight excluding hydrogens is 356 g/mol. The summed E-state index contributed by atoms with van der Waals surface area (Å²) in [6.45, 7) is 13.3. The van der Waals surface area contributed by atoms with E-state index < -0.39 is 0 Å². The molecule has 2 aromatic rings. The molecule has 0 unspecified atom stereocenters. The van der Waals surface area contributed by atoms with Crippen LogP contribution in [0.2, 0.25) is 0 Å². The lowest BCUT2D eigenvalue weighted by Crippen LogP contribution is -1.99. The lowest BCUT2D eigenvalue weighted by Gasteiger charge is -2.04. The monoisotopic (exact) mass is 398 g/mol. The van der Waals surface area contributed by atoms with Crippen molar-refractivity contribution in [2.75, 3.05) is 0 Å². The zero-order chi connectivity index (χ0) is 21.8.